The largest absolute Gasteiger partial charge is 0.479 e. The van der Waals surface area contributed by atoms with Gasteiger partial charge in [0.1, 0.15) is 5.60 Å². The van der Waals surface area contributed by atoms with Crippen LogP contribution in [0.2, 0.25) is 0 Å². The molecule has 0 heterocycles. The number of rotatable bonds is 13. The predicted molar refractivity (Wildman–Crippen MR) is 94.3 cm³/mol. The van der Waals surface area contributed by atoms with Crippen molar-refractivity contribution in [2.45, 2.75) is 51.9 Å². The van der Waals surface area contributed by atoms with Gasteiger partial charge in [-0.3, -0.25) is 0 Å². The molecule has 0 rings (SSSR count). The summed E-state index contributed by atoms with van der Waals surface area (Å²) in [5, 5.41) is 11.9. The minimum Gasteiger partial charge on any atom is -0.479 e. The van der Waals surface area contributed by atoms with Crippen molar-refractivity contribution in [1.82, 2.24) is 5.32 Å². The molecule has 0 saturated heterocycles. The van der Waals surface area contributed by atoms with Gasteiger partial charge in [0.15, 0.2) is 5.54 Å². The summed E-state index contributed by atoms with van der Waals surface area (Å²) in [6.07, 6.45) is -1.61. The Kier molecular flexibility index (Phi) is 11.4. The molecule has 0 saturated carbocycles. The first-order valence-corrected chi connectivity index (χ1v) is 8.53. The zero-order valence-electron chi connectivity index (χ0n) is 16.6. The van der Waals surface area contributed by atoms with Crippen molar-refractivity contribution in [3.05, 3.63) is 0 Å². The van der Waals surface area contributed by atoms with E-state index in [1.54, 1.807) is 34.8 Å². The van der Waals surface area contributed by atoms with E-state index in [1.165, 1.54) is 6.92 Å². The SMILES string of the molecule is COCCOCCOCCOC(C)[C@@](C)(NC(=O)OC(C)(C)C)C(=O)O. The maximum absolute atomic E-state index is 11.9. The normalized spacial score (nSPS) is 15.2. The van der Waals surface area contributed by atoms with Gasteiger partial charge < -0.3 is 34.1 Å². The fraction of sp³-hybridized carbons (Fsp3) is 0.882. The molecule has 0 radical (unpaired) electrons. The summed E-state index contributed by atoms with van der Waals surface area (Å²) in [7, 11) is 1.60. The van der Waals surface area contributed by atoms with Crippen LogP contribution in [-0.2, 0) is 28.5 Å². The van der Waals surface area contributed by atoms with E-state index in [0.29, 0.717) is 26.4 Å². The van der Waals surface area contributed by atoms with Gasteiger partial charge in [0.05, 0.1) is 45.7 Å². The van der Waals surface area contributed by atoms with Crippen molar-refractivity contribution < 1.29 is 38.4 Å². The number of carboxylic acids is 1. The molecule has 26 heavy (non-hydrogen) atoms. The Labute approximate surface area is 155 Å². The average Bonchev–Trinajstić information content (AvgIpc) is 2.50. The van der Waals surface area contributed by atoms with Crippen molar-refractivity contribution >= 4 is 12.1 Å². The molecule has 0 aromatic rings. The van der Waals surface area contributed by atoms with E-state index in [4.69, 9.17) is 23.7 Å². The summed E-state index contributed by atoms with van der Waals surface area (Å²) in [4.78, 5) is 23.5. The van der Waals surface area contributed by atoms with Crippen molar-refractivity contribution in [3.8, 4) is 0 Å². The Morgan fingerprint density at radius 2 is 1.46 bits per heavy atom. The molecular weight excluding hydrogens is 346 g/mol. The molecule has 0 aliphatic carbocycles. The standard InChI is InChI=1S/C17H33NO8/c1-13(25-12-11-24-10-9-23-8-7-22-6)17(5,14(19)20)18-15(21)26-16(2,3)4/h13H,7-12H2,1-6H3,(H,18,21)(H,19,20)/t13?,17-/m1/s1. The summed E-state index contributed by atoms with van der Waals surface area (Å²) in [5.41, 5.74) is -2.36. The van der Waals surface area contributed by atoms with Gasteiger partial charge in [0.25, 0.3) is 0 Å². The highest BCUT2D eigenvalue weighted by atomic mass is 16.6. The first-order chi connectivity index (χ1) is 12.0. The van der Waals surface area contributed by atoms with E-state index in [9.17, 15) is 14.7 Å². The Balaban J connectivity index is 4.24. The number of nitrogens with one attached hydrogen (secondary N) is 1. The van der Waals surface area contributed by atoms with E-state index in [-0.39, 0.29) is 13.2 Å². The van der Waals surface area contributed by atoms with Crippen LogP contribution in [0.5, 0.6) is 0 Å². The zero-order valence-corrected chi connectivity index (χ0v) is 16.6. The van der Waals surface area contributed by atoms with E-state index < -0.39 is 29.3 Å². The van der Waals surface area contributed by atoms with Crippen LogP contribution in [0.3, 0.4) is 0 Å². The van der Waals surface area contributed by atoms with Crippen molar-refractivity contribution in [1.29, 1.82) is 0 Å². The second-order valence-electron chi connectivity index (χ2n) is 6.86. The molecule has 2 atom stereocenters. The molecule has 154 valence electrons. The Morgan fingerprint density at radius 1 is 0.962 bits per heavy atom. The minimum atomic E-state index is -1.63. The summed E-state index contributed by atoms with van der Waals surface area (Å²) >= 11 is 0. The van der Waals surface area contributed by atoms with Crippen LogP contribution in [-0.4, -0.2) is 81.2 Å². The number of carboxylic acid groups (broad SMARTS) is 1. The van der Waals surface area contributed by atoms with Gasteiger partial charge in [-0.25, -0.2) is 9.59 Å². The summed E-state index contributed by atoms with van der Waals surface area (Å²) in [5.74, 6) is -1.22. The van der Waals surface area contributed by atoms with Crippen LogP contribution in [0.15, 0.2) is 0 Å². The molecule has 0 fully saturated rings. The van der Waals surface area contributed by atoms with Crippen LogP contribution in [0.4, 0.5) is 4.79 Å². The lowest BCUT2D eigenvalue weighted by atomic mass is 9.96. The molecule has 1 amide bonds. The molecule has 0 aromatic heterocycles. The minimum absolute atomic E-state index is 0.179. The average molecular weight is 379 g/mol. The lowest BCUT2D eigenvalue weighted by molar-refractivity contribution is -0.151. The maximum atomic E-state index is 11.9. The second kappa shape index (κ2) is 12.1. The van der Waals surface area contributed by atoms with Gasteiger partial charge in [-0.05, 0) is 34.6 Å². The third-order valence-corrected chi connectivity index (χ3v) is 3.42. The Bertz CT molecular complexity index is 423. The van der Waals surface area contributed by atoms with Crippen LogP contribution in [0.25, 0.3) is 0 Å². The molecule has 9 nitrogen and oxygen atoms in total. The zero-order chi connectivity index (χ0) is 20.2. The third kappa shape index (κ3) is 10.5. The Hall–Kier alpha value is -1.42. The summed E-state index contributed by atoms with van der Waals surface area (Å²) in [6, 6.07) is 0. The number of amides is 1. The fourth-order valence-corrected chi connectivity index (χ4v) is 1.76. The fourth-order valence-electron chi connectivity index (χ4n) is 1.76. The van der Waals surface area contributed by atoms with Crippen molar-refractivity contribution in [2.75, 3.05) is 46.8 Å². The summed E-state index contributed by atoms with van der Waals surface area (Å²) < 4.78 is 26.0. The topological polar surface area (TPSA) is 113 Å². The van der Waals surface area contributed by atoms with Gasteiger partial charge in [-0.15, -0.1) is 0 Å². The van der Waals surface area contributed by atoms with Crippen LogP contribution < -0.4 is 5.32 Å². The Morgan fingerprint density at radius 3 is 1.92 bits per heavy atom. The van der Waals surface area contributed by atoms with Crippen molar-refractivity contribution in [2.24, 2.45) is 0 Å². The van der Waals surface area contributed by atoms with Gasteiger partial charge >= 0.3 is 12.1 Å². The number of carbonyl (C=O) groups excluding carboxylic acids is 1. The first-order valence-electron chi connectivity index (χ1n) is 8.53. The van der Waals surface area contributed by atoms with Gasteiger partial charge in [-0.2, -0.15) is 0 Å². The van der Waals surface area contributed by atoms with E-state index in [1.807, 2.05) is 0 Å². The molecule has 0 aliphatic rings. The lowest BCUT2D eigenvalue weighted by Crippen LogP contribution is -2.60. The van der Waals surface area contributed by atoms with Gasteiger partial charge in [0.2, 0.25) is 0 Å². The maximum Gasteiger partial charge on any atom is 0.408 e. The number of alkyl carbamates (subject to hydrolysis) is 1. The molecule has 0 aliphatic heterocycles. The molecular formula is C17H33NO8. The van der Waals surface area contributed by atoms with E-state index in [0.717, 1.165) is 0 Å². The number of ether oxygens (including phenoxy) is 5. The molecule has 0 aromatic carbocycles. The quantitative estimate of drug-likeness (QED) is 0.462. The van der Waals surface area contributed by atoms with Gasteiger partial charge in [-0.1, -0.05) is 0 Å². The number of hydrogen-bond donors (Lipinski definition) is 2. The highest BCUT2D eigenvalue weighted by Crippen LogP contribution is 2.16. The summed E-state index contributed by atoms with van der Waals surface area (Å²) in [6.45, 7) is 10.3. The lowest BCUT2D eigenvalue weighted by Gasteiger charge is -2.33. The molecule has 0 spiro atoms. The highest BCUT2D eigenvalue weighted by molar-refractivity contribution is 5.84. The predicted octanol–water partition coefficient (Wildman–Crippen LogP) is 1.44. The number of carbonyl (C=O) groups is 2. The smallest absolute Gasteiger partial charge is 0.408 e. The van der Waals surface area contributed by atoms with Crippen LogP contribution in [0, 0.1) is 0 Å². The third-order valence-electron chi connectivity index (χ3n) is 3.42. The van der Waals surface area contributed by atoms with E-state index in [2.05, 4.69) is 5.32 Å². The number of hydrogen-bond acceptors (Lipinski definition) is 7. The van der Waals surface area contributed by atoms with Gasteiger partial charge in [0, 0.05) is 7.11 Å². The number of aliphatic carboxylic acids is 1. The molecule has 2 N–H and O–H groups in total. The first kappa shape index (κ1) is 24.6. The van der Waals surface area contributed by atoms with E-state index >= 15 is 0 Å². The monoisotopic (exact) mass is 379 g/mol. The van der Waals surface area contributed by atoms with Crippen LogP contribution in [0.1, 0.15) is 34.6 Å². The van der Waals surface area contributed by atoms with Crippen molar-refractivity contribution in [3.63, 3.8) is 0 Å². The number of methoxy groups -OCH3 is 1. The molecule has 9 heteroatoms. The van der Waals surface area contributed by atoms with Crippen LogP contribution >= 0.6 is 0 Å². The molecule has 0 bridgehead atoms. The molecule has 1 unspecified atom stereocenters. The highest BCUT2D eigenvalue weighted by Gasteiger charge is 2.42. The second-order valence-corrected chi connectivity index (χ2v) is 6.86.